The summed E-state index contributed by atoms with van der Waals surface area (Å²) in [6.07, 6.45) is 4.39. The minimum absolute atomic E-state index is 0.157. The Morgan fingerprint density at radius 1 is 1.15 bits per heavy atom. The van der Waals surface area contributed by atoms with Gasteiger partial charge < -0.3 is 15.5 Å². The smallest absolute Gasteiger partial charge is 0.289 e. The fourth-order valence-corrected chi connectivity index (χ4v) is 4.92. The molecule has 2 N–H and O–H groups in total. The van der Waals surface area contributed by atoms with Crippen molar-refractivity contribution in [3.05, 3.63) is 25.3 Å². The quantitative estimate of drug-likeness (QED) is 0.197. The Hall–Kier alpha value is -1.86. The highest BCUT2D eigenvalue weighted by molar-refractivity contribution is 6.51. The van der Waals surface area contributed by atoms with E-state index in [2.05, 4.69) is 23.8 Å². The molecule has 2 fully saturated rings. The van der Waals surface area contributed by atoms with Gasteiger partial charge in [-0.1, -0.05) is 39.8 Å². The van der Waals surface area contributed by atoms with Crippen LogP contribution in [0.3, 0.4) is 0 Å². The molecule has 1 saturated carbocycles. The van der Waals surface area contributed by atoms with Crippen molar-refractivity contribution in [1.82, 2.24) is 15.5 Å². The summed E-state index contributed by atoms with van der Waals surface area (Å²) < 4.78 is -1.09. The van der Waals surface area contributed by atoms with Crippen molar-refractivity contribution >= 4 is 46.7 Å². The molecule has 33 heavy (non-hydrogen) atoms. The third-order valence-electron chi connectivity index (χ3n) is 6.70. The van der Waals surface area contributed by atoms with Gasteiger partial charge in [0.05, 0.1) is 6.04 Å². The molecule has 0 aromatic carbocycles. The predicted octanol–water partition coefficient (Wildman–Crippen LogP) is 3.01. The first-order valence-electron chi connectivity index (χ1n) is 11.3. The monoisotopic (exact) mass is 499 g/mol. The second-order valence-corrected chi connectivity index (χ2v) is 11.4. The molecule has 0 spiro atoms. The lowest BCUT2D eigenvalue weighted by atomic mass is 9.81. The van der Waals surface area contributed by atoms with E-state index in [0.29, 0.717) is 12.8 Å². The van der Waals surface area contributed by atoms with Crippen molar-refractivity contribution in [2.24, 2.45) is 23.2 Å². The van der Waals surface area contributed by atoms with Gasteiger partial charge in [-0.05, 0) is 24.7 Å². The Balaban J connectivity index is 2.21. The Kier molecular flexibility index (Phi) is 8.80. The van der Waals surface area contributed by atoms with Crippen LogP contribution in [0.2, 0.25) is 0 Å². The second kappa shape index (κ2) is 10.6. The third-order valence-corrected chi connectivity index (χ3v) is 7.77. The maximum Gasteiger partial charge on any atom is 0.289 e. The summed E-state index contributed by atoms with van der Waals surface area (Å²) in [5.74, 6) is -3.18. The number of rotatable bonds is 11. The van der Waals surface area contributed by atoms with Crippen LogP contribution in [0.15, 0.2) is 25.3 Å². The zero-order valence-corrected chi connectivity index (χ0v) is 21.3. The van der Waals surface area contributed by atoms with E-state index in [0.717, 1.165) is 0 Å². The van der Waals surface area contributed by atoms with Crippen LogP contribution in [0.25, 0.3) is 0 Å². The van der Waals surface area contributed by atoms with Crippen molar-refractivity contribution in [3.63, 3.8) is 0 Å². The van der Waals surface area contributed by atoms with Crippen LogP contribution in [0, 0.1) is 23.2 Å². The molecular weight excluding hydrogens is 465 g/mol. The van der Waals surface area contributed by atoms with Crippen LogP contribution >= 0.6 is 23.2 Å². The van der Waals surface area contributed by atoms with E-state index >= 15 is 0 Å². The number of ketones is 1. The van der Waals surface area contributed by atoms with Crippen LogP contribution in [-0.4, -0.2) is 57.9 Å². The number of carbonyl (C=O) groups excluding carboxylic acids is 4. The average molecular weight is 500 g/mol. The second-order valence-electron chi connectivity index (χ2n) is 9.95. The van der Waals surface area contributed by atoms with E-state index in [-0.39, 0.29) is 42.7 Å². The van der Waals surface area contributed by atoms with E-state index < -0.39 is 39.9 Å². The first kappa shape index (κ1) is 27.4. The van der Waals surface area contributed by atoms with Gasteiger partial charge in [0, 0.05) is 30.8 Å². The van der Waals surface area contributed by atoms with Gasteiger partial charge in [-0.15, -0.1) is 36.4 Å². The summed E-state index contributed by atoms with van der Waals surface area (Å²) in [4.78, 5) is 53.2. The van der Waals surface area contributed by atoms with Crippen LogP contribution < -0.4 is 10.6 Å². The summed E-state index contributed by atoms with van der Waals surface area (Å²) in [5.41, 5.74) is -0.296. The lowest BCUT2D eigenvalue weighted by molar-refractivity contribution is -0.146. The molecule has 1 unspecified atom stereocenters. The summed E-state index contributed by atoms with van der Waals surface area (Å²) in [6, 6.07) is -1.95. The number of amides is 3. The molecule has 0 radical (unpaired) electrons. The largest absolute Gasteiger partial charge is 0.349 e. The van der Waals surface area contributed by atoms with Crippen molar-refractivity contribution < 1.29 is 19.2 Å². The summed E-state index contributed by atoms with van der Waals surface area (Å²) in [6.45, 7) is 15.5. The highest BCUT2D eigenvalue weighted by Crippen LogP contribution is 2.65. The first-order chi connectivity index (χ1) is 15.3. The van der Waals surface area contributed by atoms with Gasteiger partial charge in [0.25, 0.3) is 5.91 Å². The summed E-state index contributed by atoms with van der Waals surface area (Å²) in [7, 11) is 0. The molecule has 9 heteroatoms. The zero-order valence-electron chi connectivity index (χ0n) is 19.8. The van der Waals surface area contributed by atoms with E-state index in [1.807, 2.05) is 27.7 Å². The van der Waals surface area contributed by atoms with Gasteiger partial charge in [0.2, 0.25) is 17.6 Å². The number of fused-ring (bicyclic) bond motifs is 1. The Morgan fingerprint density at radius 2 is 1.76 bits per heavy atom. The number of nitrogens with one attached hydrogen (secondary N) is 2. The number of hydrogen-bond acceptors (Lipinski definition) is 4. The molecule has 184 valence electrons. The molecule has 2 aliphatic rings. The number of carbonyl (C=O) groups is 4. The van der Waals surface area contributed by atoms with E-state index in [1.54, 1.807) is 12.2 Å². The number of likely N-dealkylation sites (tertiary alicyclic amines) is 1. The number of piperidine rings is 1. The minimum atomic E-state index is -1.09. The van der Waals surface area contributed by atoms with Gasteiger partial charge in [-0.2, -0.15) is 0 Å². The summed E-state index contributed by atoms with van der Waals surface area (Å²) >= 11 is 12.8. The molecule has 1 saturated heterocycles. The highest BCUT2D eigenvalue weighted by Gasteiger charge is 2.74. The molecular formula is C24H35Cl2N3O4. The number of alkyl halides is 2. The fourth-order valence-electron chi connectivity index (χ4n) is 4.10. The zero-order chi connectivity index (χ0) is 25.1. The van der Waals surface area contributed by atoms with Crippen LogP contribution in [0.5, 0.6) is 0 Å². The number of allylic oxidation sites excluding steroid dienone is 1. The molecule has 2 rings (SSSR count). The SMILES string of the molecule is C=CCCNC(=O)C(=O)C(CCC=C)NC(=O)[C@@H]1[C@@H]2[C@H](CN1C(=O)[C@@H](C)C(C)(C)C)C2(Cl)Cl. The van der Waals surface area contributed by atoms with Crippen LogP contribution in [-0.2, 0) is 19.2 Å². The maximum atomic E-state index is 13.4. The molecule has 1 aliphatic carbocycles. The van der Waals surface area contributed by atoms with Gasteiger partial charge in [0.15, 0.2) is 0 Å². The van der Waals surface area contributed by atoms with Crippen molar-refractivity contribution in [2.45, 2.75) is 63.4 Å². The normalized spacial score (nSPS) is 24.8. The molecule has 3 amide bonds. The van der Waals surface area contributed by atoms with Crippen molar-refractivity contribution in [1.29, 1.82) is 0 Å². The van der Waals surface area contributed by atoms with Gasteiger partial charge in [-0.25, -0.2) is 0 Å². The highest BCUT2D eigenvalue weighted by atomic mass is 35.5. The average Bonchev–Trinajstić information content (AvgIpc) is 3.08. The van der Waals surface area contributed by atoms with Crippen LogP contribution in [0.4, 0.5) is 0 Å². The lowest BCUT2D eigenvalue weighted by Crippen LogP contribution is -2.56. The molecule has 0 aromatic heterocycles. The number of Topliss-reactive ketones (excluding diaryl/α,β-unsaturated/α-hetero) is 1. The topological polar surface area (TPSA) is 95.6 Å². The maximum absolute atomic E-state index is 13.4. The summed E-state index contributed by atoms with van der Waals surface area (Å²) in [5, 5.41) is 5.22. The van der Waals surface area contributed by atoms with Crippen LogP contribution in [0.1, 0.15) is 47.0 Å². The first-order valence-corrected chi connectivity index (χ1v) is 12.1. The Morgan fingerprint density at radius 3 is 2.30 bits per heavy atom. The number of halogens is 2. The van der Waals surface area contributed by atoms with Crippen molar-refractivity contribution in [3.8, 4) is 0 Å². The number of nitrogens with zero attached hydrogens (tertiary/aromatic N) is 1. The fraction of sp³-hybridized carbons (Fsp3) is 0.667. The Labute approximate surface area is 206 Å². The Bertz CT molecular complexity index is 821. The molecule has 0 bridgehead atoms. The van der Waals surface area contributed by atoms with Gasteiger partial charge >= 0.3 is 0 Å². The molecule has 0 aromatic rings. The van der Waals surface area contributed by atoms with E-state index in [9.17, 15) is 19.2 Å². The predicted molar refractivity (Wildman–Crippen MR) is 130 cm³/mol. The molecule has 1 aliphatic heterocycles. The standard InChI is InChI=1S/C24H35Cl2N3O4/c1-7-9-11-16(19(30)21(32)27-12-10-8-2)28-20(31)18-17-15(24(17,25)26)13-29(18)22(33)14(3)23(4,5)6/h7-8,14-18H,1-2,9-13H2,3-6H3,(H,27,32)(H,28,31)/t14-,15+,16?,17+,18+/m1/s1. The van der Waals surface area contributed by atoms with Gasteiger partial charge in [0.1, 0.15) is 10.4 Å². The van der Waals surface area contributed by atoms with E-state index in [1.165, 1.54) is 4.90 Å². The lowest BCUT2D eigenvalue weighted by Gasteiger charge is -2.35. The molecule has 1 heterocycles. The van der Waals surface area contributed by atoms with E-state index in [4.69, 9.17) is 23.2 Å². The number of hydrogen-bond donors (Lipinski definition) is 2. The third kappa shape index (κ3) is 5.99. The molecule has 7 nitrogen and oxygen atoms in total. The molecule has 5 atom stereocenters. The minimum Gasteiger partial charge on any atom is -0.349 e. The van der Waals surface area contributed by atoms with Gasteiger partial charge in [-0.3, -0.25) is 19.2 Å². The van der Waals surface area contributed by atoms with Crippen molar-refractivity contribution in [2.75, 3.05) is 13.1 Å².